The van der Waals surface area contributed by atoms with E-state index in [9.17, 15) is 4.79 Å². The van der Waals surface area contributed by atoms with Gasteiger partial charge in [0.25, 0.3) is 5.91 Å². The highest BCUT2D eigenvalue weighted by Gasteiger charge is 2.25. The number of carbonyl (C=O) groups is 1. The number of hydrogen-bond acceptors (Lipinski definition) is 1. The van der Waals surface area contributed by atoms with E-state index in [1.807, 2.05) is 36.1 Å². The molecule has 5 heteroatoms. The zero-order valence-electron chi connectivity index (χ0n) is 11.0. The zero-order chi connectivity index (χ0) is 14.3. The average molecular weight is 398 g/mol. The minimum atomic E-state index is 0.0971. The lowest BCUT2D eigenvalue weighted by molar-refractivity contribution is 0.0734. The van der Waals surface area contributed by atoms with Crippen LogP contribution in [0.2, 0.25) is 0 Å². The van der Waals surface area contributed by atoms with Crippen molar-refractivity contribution in [1.82, 2.24) is 9.88 Å². The summed E-state index contributed by atoms with van der Waals surface area (Å²) in [6.07, 6.45) is 0.858. The Kier molecular flexibility index (Phi) is 3.73. The molecule has 20 heavy (non-hydrogen) atoms. The van der Waals surface area contributed by atoms with Gasteiger partial charge in [0, 0.05) is 36.3 Å². The molecule has 0 saturated heterocycles. The number of aryl methyl sites for hydroxylation is 1. The van der Waals surface area contributed by atoms with Crippen molar-refractivity contribution in [1.29, 1.82) is 0 Å². The Morgan fingerprint density at radius 1 is 1.25 bits per heavy atom. The number of nitrogens with one attached hydrogen (secondary N) is 1. The van der Waals surface area contributed by atoms with Crippen LogP contribution in [0.4, 0.5) is 0 Å². The Morgan fingerprint density at radius 2 is 1.95 bits per heavy atom. The monoisotopic (exact) mass is 396 g/mol. The lowest BCUT2D eigenvalue weighted by atomic mass is 10.1. The Balaban J connectivity index is 1.84. The average Bonchev–Trinajstić information content (AvgIpc) is 2.74. The summed E-state index contributed by atoms with van der Waals surface area (Å²) in [7, 11) is 0. The van der Waals surface area contributed by atoms with Gasteiger partial charge in [-0.3, -0.25) is 4.79 Å². The van der Waals surface area contributed by atoms with Crippen molar-refractivity contribution in [3.63, 3.8) is 0 Å². The maximum absolute atomic E-state index is 12.5. The Morgan fingerprint density at radius 3 is 2.65 bits per heavy atom. The first-order valence-electron chi connectivity index (χ1n) is 6.47. The van der Waals surface area contributed by atoms with Crippen LogP contribution in [-0.2, 0) is 13.0 Å². The van der Waals surface area contributed by atoms with Gasteiger partial charge < -0.3 is 9.88 Å². The largest absolute Gasteiger partial charge is 0.352 e. The number of H-pyrrole nitrogens is 1. The Labute approximate surface area is 134 Å². The maximum atomic E-state index is 12.5. The van der Waals surface area contributed by atoms with Crippen LogP contribution in [0.1, 0.15) is 27.2 Å². The normalized spacial score (nSPS) is 14.2. The van der Waals surface area contributed by atoms with Gasteiger partial charge in [-0.25, -0.2) is 0 Å². The molecule has 0 unspecified atom stereocenters. The quantitative estimate of drug-likeness (QED) is 0.774. The van der Waals surface area contributed by atoms with E-state index in [-0.39, 0.29) is 5.91 Å². The standard InChI is InChI=1S/C15H14Br2N2O/c1-9-2-4-10(5-3-9)15(20)19-7-6-12-11(8-19)13(16)14(17)18-12/h2-5,18H,6-8H2,1H3. The van der Waals surface area contributed by atoms with Crippen LogP contribution in [0.15, 0.2) is 33.3 Å². The Bertz CT molecular complexity index is 661. The summed E-state index contributed by atoms with van der Waals surface area (Å²) < 4.78 is 1.97. The predicted molar refractivity (Wildman–Crippen MR) is 85.8 cm³/mol. The van der Waals surface area contributed by atoms with Gasteiger partial charge in [0.2, 0.25) is 0 Å². The first-order valence-corrected chi connectivity index (χ1v) is 8.05. The number of nitrogens with zero attached hydrogens (tertiary/aromatic N) is 1. The van der Waals surface area contributed by atoms with Crippen molar-refractivity contribution in [3.05, 3.63) is 55.7 Å². The fourth-order valence-corrected chi connectivity index (χ4v) is 3.42. The second-order valence-corrected chi connectivity index (χ2v) is 6.64. The summed E-state index contributed by atoms with van der Waals surface area (Å²) in [6, 6.07) is 7.75. The molecule has 0 aliphatic carbocycles. The number of aromatic amines is 1. The van der Waals surface area contributed by atoms with Gasteiger partial charge >= 0.3 is 0 Å². The molecular formula is C15H14Br2N2O. The number of aromatic nitrogens is 1. The highest BCUT2D eigenvalue weighted by molar-refractivity contribution is 9.13. The third-order valence-corrected chi connectivity index (χ3v) is 5.65. The number of amides is 1. The molecule has 0 atom stereocenters. The fraction of sp³-hybridized carbons (Fsp3) is 0.267. The maximum Gasteiger partial charge on any atom is 0.254 e. The van der Waals surface area contributed by atoms with Crippen molar-refractivity contribution >= 4 is 37.8 Å². The van der Waals surface area contributed by atoms with Gasteiger partial charge in [-0.1, -0.05) is 17.7 Å². The molecule has 1 aliphatic heterocycles. The van der Waals surface area contributed by atoms with Crippen LogP contribution >= 0.6 is 31.9 Å². The second kappa shape index (κ2) is 5.37. The van der Waals surface area contributed by atoms with E-state index in [1.54, 1.807) is 0 Å². The molecule has 1 amide bonds. The molecule has 1 aromatic carbocycles. The molecule has 1 aromatic heterocycles. The summed E-state index contributed by atoms with van der Waals surface area (Å²) in [5, 5.41) is 0. The summed E-state index contributed by atoms with van der Waals surface area (Å²) in [4.78, 5) is 17.7. The lowest BCUT2D eigenvalue weighted by Gasteiger charge is -2.27. The molecule has 0 fully saturated rings. The smallest absolute Gasteiger partial charge is 0.254 e. The lowest BCUT2D eigenvalue weighted by Crippen LogP contribution is -2.35. The third kappa shape index (κ3) is 2.44. The molecule has 0 radical (unpaired) electrons. The van der Waals surface area contributed by atoms with Crippen molar-refractivity contribution in [2.45, 2.75) is 19.9 Å². The number of carbonyl (C=O) groups excluding carboxylic acids is 1. The number of benzene rings is 1. The number of rotatable bonds is 1. The van der Waals surface area contributed by atoms with E-state index in [1.165, 1.54) is 16.8 Å². The van der Waals surface area contributed by atoms with Crippen LogP contribution in [0.5, 0.6) is 0 Å². The van der Waals surface area contributed by atoms with E-state index >= 15 is 0 Å². The van der Waals surface area contributed by atoms with Crippen molar-refractivity contribution in [2.24, 2.45) is 0 Å². The summed E-state index contributed by atoms with van der Waals surface area (Å²) in [6.45, 7) is 3.42. The summed E-state index contributed by atoms with van der Waals surface area (Å²) >= 11 is 7.04. The van der Waals surface area contributed by atoms with E-state index < -0.39 is 0 Å². The molecule has 0 spiro atoms. The molecular weight excluding hydrogens is 384 g/mol. The second-order valence-electron chi connectivity index (χ2n) is 5.05. The van der Waals surface area contributed by atoms with Gasteiger partial charge in [0.1, 0.15) is 0 Å². The van der Waals surface area contributed by atoms with Gasteiger partial charge in [-0.05, 0) is 50.9 Å². The number of hydrogen-bond donors (Lipinski definition) is 1. The minimum Gasteiger partial charge on any atom is -0.352 e. The molecule has 3 nitrogen and oxygen atoms in total. The highest BCUT2D eigenvalue weighted by Crippen LogP contribution is 2.33. The van der Waals surface area contributed by atoms with Crippen LogP contribution < -0.4 is 0 Å². The molecule has 0 saturated carbocycles. The van der Waals surface area contributed by atoms with Crippen LogP contribution in [0.25, 0.3) is 0 Å². The fourth-order valence-electron chi connectivity index (χ4n) is 2.47. The van der Waals surface area contributed by atoms with Crippen LogP contribution in [0, 0.1) is 6.92 Å². The van der Waals surface area contributed by atoms with E-state index in [2.05, 4.69) is 36.8 Å². The van der Waals surface area contributed by atoms with Crippen molar-refractivity contribution < 1.29 is 4.79 Å². The first-order chi connectivity index (χ1) is 9.56. The van der Waals surface area contributed by atoms with Crippen LogP contribution in [-0.4, -0.2) is 22.3 Å². The number of halogens is 2. The summed E-state index contributed by atoms with van der Waals surface area (Å²) in [5.41, 5.74) is 4.30. The van der Waals surface area contributed by atoms with Crippen molar-refractivity contribution in [3.8, 4) is 0 Å². The van der Waals surface area contributed by atoms with E-state index in [0.717, 1.165) is 27.6 Å². The SMILES string of the molecule is Cc1ccc(C(=O)N2CCc3[nH]c(Br)c(Br)c3C2)cc1. The molecule has 0 bridgehead atoms. The topological polar surface area (TPSA) is 36.1 Å². The van der Waals surface area contributed by atoms with E-state index in [4.69, 9.17) is 0 Å². The van der Waals surface area contributed by atoms with Gasteiger partial charge in [0.05, 0.1) is 9.08 Å². The Hall–Kier alpha value is -1.07. The molecule has 104 valence electrons. The molecule has 1 N–H and O–H groups in total. The highest BCUT2D eigenvalue weighted by atomic mass is 79.9. The third-order valence-electron chi connectivity index (χ3n) is 3.65. The van der Waals surface area contributed by atoms with Gasteiger partial charge in [0.15, 0.2) is 0 Å². The van der Waals surface area contributed by atoms with Gasteiger partial charge in [-0.2, -0.15) is 0 Å². The molecule has 1 aliphatic rings. The van der Waals surface area contributed by atoms with E-state index in [0.29, 0.717) is 6.54 Å². The minimum absolute atomic E-state index is 0.0971. The molecule has 2 heterocycles. The predicted octanol–water partition coefficient (Wildman–Crippen LogP) is 4.05. The van der Waals surface area contributed by atoms with Gasteiger partial charge in [-0.15, -0.1) is 0 Å². The van der Waals surface area contributed by atoms with Crippen molar-refractivity contribution in [2.75, 3.05) is 6.54 Å². The number of fused-ring (bicyclic) bond motifs is 1. The van der Waals surface area contributed by atoms with Crippen LogP contribution in [0.3, 0.4) is 0 Å². The summed E-state index contributed by atoms with van der Waals surface area (Å²) in [5.74, 6) is 0.0971. The first kappa shape index (κ1) is 13.9. The zero-order valence-corrected chi connectivity index (χ0v) is 14.2. The molecule has 3 rings (SSSR count). The molecule has 2 aromatic rings.